The van der Waals surface area contributed by atoms with Crippen LogP contribution in [0.3, 0.4) is 0 Å². The van der Waals surface area contributed by atoms with Gasteiger partial charge in [0.15, 0.2) is 0 Å². The molecule has 0 unspecified atom stereocenters. The van der Waals surface area contributed by atoms with Crippen molar-refractivity contribution in [2.24, 2.45) is 5.92 Å². The molecule has 2 heterocycles. The van der Waals surface area contributed by atoms with E-state index in [1.54, 1.807) is 21.3 Å². The van der Waals surface area contributed by atoms with Crippen LogP contribution in [0.5, 0.6) is 5.75 Å². The summed E-state index contributed by atoms with van der Waals surface area (Å²) in [5.74, 6) is 1.41. The molecule has 0 aliphatic carbocycles. The van der Waals surface area contributed by atoms with Crippen LogP contribution in [-0.4, -0.2) is 99.4 Å². The highest BCUT2D eigenvalue weighted by Gasteiger charge is 2.36. The van der Waals surface area contributed by atoms with E-state index in [0.29, 0.717) is 52.2 Å². The van der Waals surface area contributed by atoms with Gasteiger partial charge < -0.3 is 43.4 Å². The number of ether oxygens (including phenoxy) is 7. The Balaban J connectivity index is 1.43. The third kappa shape index (κ3) is 10.4. The first-order valence-electron chi connectivity index (χ1n) is 15.7. The average molecular weight is 601 g/mol. The first-order chi connectivity index (χ1) is 21.1. The smallest absolute Gasteiger partial charge is 0.142 e. The lowest BCUT2D eigenvalue weighted by Crippen LogP contribution is -2.50. The zero-order valence-corrected chi connectivity index (χ0v) is 26.6. The Kier molecular flexibility index (Phi) is 14.5. The Morgan fingerprint density at radius 1 is 0.837 bits per heavy atom. The molecule has 0 saturated carbocycles. The van der Waals surface area contributed by atoms with E-state index in [1.807, 2.05) is 0 Å². The molecule has 4 rings (SSSR count). The van der Waals surface area contributed by atoms with Crippen LogP contribution in [0.15, 0.2) is 42.5 Å². The molecule has 1 saturated heterocycles. The van der Waals surface area contributed by atoms with Crippen molar-refractivity contribution in [1.29, 1.82) is 0 Å². The Bertz CT molecular complexity index is 1050. The molecule has 0 amide bonds. The van der Waals surface area contributed by atoms with Crippen LogP contribution in [-0.2, 0) is 41.6 Å². The van der Waals surface area contributed by atoms with Crippen molar-refractivity contribution in [3.8, 4) is 5.75 Å². The summed E-state index contributed by atoms with van der Waals surface area (Å²) in [5, 5.41) is 3.56. The second-order valence-electron chi connectivity index (χ2n) is 11.6. The Morgan fingerprint density at radius 3 is 2.35 bits per heavy atom. The Hall–Kier alpha value is -2.24. The fourth-order valence-corrected chi connectivity index (χ4v) is 5.84. The van der Waals surface area contributed by atoms with E-state index in [1.165, 1.54) is 5.56 Å². The molecule has 43 heavy (non-hydrogen) atoms. The van der Waals surface area contributed by atoms with E-state index in [0.717, 1.165) is 68.2 Å². The van der Waals surface area contributed by atoms with Crippen LogP contribution in [0.4, 0.5) is 5.69 Å². The fourth-order valence-electron chi connectivity index (χ4n) is 5.84. The molecule has 240 valence electrons. The van der Waals surface area contributed by atoms with Crippen molar-refractivity contribution >= 4 is 5.69 Å². The molecule has 1 fully saturated rings. The molecule has 2 aromatic rings. The number of nitrogens with zero attached hydrogens (tertiary/aromatic N) is 1. The predicted molar refractivity (Wildman–Crippen MR) is 168 cm³/mol. The molecular weight excluding hydrogens is 548 g/mol. The van der Waals surface area contributed by atoms with Crippen molar-refractivity contribution in [3.63, 3.8) is 0 Å². The van der Waals surface area contributed by atoms with Gasteiger partial charge in [0.25, 0.3) is 0 Å². The van der Waals surface area contributed by atoms with E-state index < -0.39 is 0 Å². The third-order valence-electron chi connectivity index (χ3n) is 8.03. The number of nitrogens with one attached hydrogen (secondary N) is 1. The molecule has 1 N–H and O–H groups in total. The van der Waals surface area contributed by atoms with Crippen LogP contribution in [0.1, 0.15) is 42.4 Å². The number of rotatable bonds is 19. The molecular formula is C34H52N2O7. The number of anilines is 1. The van der Waals surface area contributed by atoms with Crippen LogP contribution in [0.25, 0.3) is 0 Å². The summed E-state index contributed by atoms with van der Waals surface area (Å²) in [5.41, 5.74) is 4.65. The van der Waals surface area contributed by atoms with Crippen LogP contribution < -0.4 is 15.0 Å². The standard InChI is InChI=1S/C34H52N2O7/c1-26(22-39-4)23-40-24-27-7-10-29(11-8-27)34-32(41-17-6-16-38-3)20-35-21-33(34)43-25-28-9-12-31-30(19-28)36(14-18-42-31)13-5-15-37-2/h7-12,19,26,32-35H,5-6,13-18,20-25H2,1-4H3/t26-,32+,33-,34-/m0/s1. The molecule has 0 radical (unpaired) electrons. The number of benzene rings is 2. The minimum atomic E-state index is -0.0387. The summed E-state index contributed by atoms with van der Waals surface area (Å²) in [6, 6.07) is 15.2. The number of fused-ring (bicyclic) bond motifs is 1. The maximum atomic E-state index is 6.68. The highest BCUT2D eigenvalue weighted by molar-refractivity contribution is 5.61. The molecule has 9 heteroatoms. The average Bonchev–Trinajstić information content (AvgIpc) is 3.03. The number of hydrogen-bond donors (Lipinski definition) is 1. The van der Waals surface area contributed by atoms with E-state index in [2.05, 4.69) is 59.6 Å². The largest absolute Gasteiger partial charge is 0.490 e. The van der Waals surface area contributed by atoms with Gasteiger partial charge in [0, 0.05) is 72.6 Å². The number of piperidine rings is 1. The lowest BCUT2D eigenvalue weighted by atomic mass is 9.85. The first kappa shape index (κ1) is 33.6. The zero-order chi connectivity index (χ0) is 30.3. The molecule has 4 atom stereocenters. The fraction of sp³-hybridized carbons (Fsp3) is 0.647. The van der Waals surface area contributed by atoms with Gasteiger partial charge >= 0.3 is 0 Å². The molecule has 2 aromatic carbocycles. The molecule has 0 aromatic heterocycles. The molecule has 2 aliphatic heterocycles. The summed E-state index contributed by atoms with van der Waals surface area (Å²) < 4.78 is 40.7. The van der Waals surface area contributed by atoms with E-state index in [4.69, 9.17) is 33.2 Å². The van der Waals surface area contributed by atoms with Gasteiger partial charge in [0.05, 0.1) is 50.9 Å². The van der Waals surface area contributed by atoms with E-state index >= 15 is 0 Å². The topological polar surface area (TPSA) is 79.9 Å². The van der Waals surface area contributed by atoms with Gasteiger partial charge in [-0.05, 0) is 41.7 Å². The van der Waals surface area contributed by atoms with Crippen molar-refractivity contribution in [3.05, 3.63) is 59.2 Å². The maximum Gasteiger partial charge on any atom is 0.142 e. The lowest BCUT2D eigenvalue weighted by Gasteiger charge is -2.39. The van der Waals surface area contributed by atoms with Gasteiger partial charge in [-0.3, -0.25) is 0 Å². The van der Waals surface area contributed by atoms with Gasteiger partial charge in [0.2, 0.25) is 0 Å². The van der Waals surface area contributed by atoms with Crippen molar-refractivity contribution in [1.82, 2.24) is 5.32 Å². The zero-order valence-electron chi connectivity index (χ0n) is 26.6. The summed E-state index contributed by atoms with van der Waals surface area (Å²) in [4.78, 5) is 2.39. The lowest BCUT2D eigenvalue weighted by molar-refractivity contribution is -0.0622. The summed E-state index contributed by atoms with van der Waals surface area (Å²) >= 11 is 0. The minimum Gasteiger partial charge on any atom is -0.490 e. The van der Waals surface area contributed by atoms with Crippen LogP contribution in [0.2, 0.25) is 0 Å². The Morgan fingerprint density at radius 2 is 1.58 bits per heavy atom. The van der Waals surface area contributed by atoms with Gasteiger partial charge in [-0.15, -0.1) is 0 Å². The SMILES string of the molecule is COCCCO[C@@H]1CNC[C@H](OCc2ccc3c(c2)N(CCCOC)CCO3)[C@H]1c1ccc(COC[C@@H](C)COC)cc1. The van der Waals surface area contributed by atoms with E-state index in [-0.39, 0.29) is 18.1 Å². The number of methoxy groups -OCH3 is 3. The molecule has 9 nitrogen and oxygen atoms in total. The summed E-state index contributed by atoms with van der Waals surface area (Å²) in [6.07, 6.45) is 1.81. The van der Waals surface area contributed by atoms with Crippen molar-refractivity contribution in [2.75, 3.05) is 92.0 Å². The highest BCUT2D eigenvalue weighted by Crippen LogP contribution is 2.34. The summed E-state index contributed by atoms with van der Waals surface area (Å²) in [6.45, 7) is 10.8. The van der Waals surface area contributed by atoms with Crippen LogP contribution in [0, 0.1) is 5.92 Å². The monoisotopic (exact) mass is 600 g/mol. The van der Waals surface area contributed by atoms with Gasteiger partial charge in [-0.1, -0.05) is 37.3 Å². The second kappa shape index (κ2) is 18.5. The molecule has 0 spiro atoms. The van der Waals surface area contributed by atoms with E-state index in [9.17, 15) is 0 Å². The third-order valence-corrected chi connectivity index (χ3v) is 8.03. The van der Waals surface area contributed by atoms with Crippen LogP contribution >= 0.6 is 0 Å². The first-order valence-corrected chi connectivity index (χ1v) is 15.7. The summed E-state index contributed by atoms with van der Waals surface area (Å²) in [7, 11) is 5.20. The maximum absolute atomic E-state index is 6.68. The Labute approximate surface area is 258 Å². The van der Waals surface area contributed by atoms with Gasteiger partial charge in [-0.25, -0.2) is 0 Å². The number of hydrogen-bond acceptors (Lipinski definition) is 9. The van der Waals surface area contributed by atoms with Gasteiger partial charge in [0.1, 0.15) is 12.4 Å². The second-order valence-corrected chi connectivity index (χ2v) is 11.6. The molecule has 2 aliphatic rings. The highest BCUT2D eigenvalue weighted by atomic mass is 16.5. The normalized spacial score (nSPS) is 20.9. The van der Waals surface area contributed by atoms with Gasteiger partial charge in [-0.2, -0.15) is 0 Å². The predicted octanol–water partition coefficient (Wildman–Crippen LogP) is 4.41. The van der Waals surface area contributed by atoms with Crippen molar-refractivity contribution in [2.45, 2.75) is 51.1 Å². The quantitative estimate of drug-likeness (QED) is 0.236. The minimum absolute atomic E-state index is 0.000749. The van der Waals surface area contributed by atoms with Crippen molar-refractivity contribution < 1.29 is 33.2 Å². The molecule has 0 bridgehead atoms.